The Balaban J connectivity index is 1.61. The first-order valence-corrected chi connectivity index (χ1v) is 8.78. The van der Waals surface area contributed by atoms with Crippen molar-refractivity contribution < 1.29 is 23.8 Å². The summed E-state index contributed by atoms with van der Waals surface area (Å²) in [5.41, 5.74) is 1.34. The van der Waals surface area contributed by atoms with Crippen molar-refractivity contribution in [2.45, 2.75) is 12.5 Å². The lowest BCUT2D eigenvalue weighted by molar-refractivity contribution is -0.117. The van der Waals surface area contributed by atoms with Gasteiger partial charge in [-0.05, 0) is 36.4 Å². The zero-order valence-corrected chi connectivity index (χ0v) is 16.0. The van der Waals surface area contributed by atoms with E-state index >= 15 is 0 Å². The second-order valence-corrected chi connectivity index (χ2v) is 6.27. The summed E-state index contributed by atoms with van der Waals surface area (Å²) >= 11 is 0. The van der Waals surface area contributed by atoms with Gasteiger partial charge in [-0.1, -0.05) is 0 Å². The van der Waals surface area contributed by atoms with Crippen molar-refractivity contribution in [1.82, 2.24) is 5.32 Å². The van der Waals surface area contributed by atoms with Crippen LogP contribution in [-0.2, 0) is 4.79 Å². The smallest absolute Gasteiger partial charge is 0.319 e. The number of amides is 3. The zero-order valence-electron chi connectivity index (χ0n) is 16.0. The average Bonchev–Trinajstić information content (AvgIpc) is 3.07. The topological polar surface area (TPSA) is 89.1 Å². The van der Waals surface area contributed by atoms with E-state index in [1.807, 2.05) is 0 Å². The predicted octanol–water partition coefficient (Wildman–Crippen LogP) is 2.64. The van der Waals surface area contributed by atoms with Crippen molar-refractivity contribution in [3.05, 3.63) is 42.5 Å². The van der Waals surface area contributed by atoms with E-state index in [0.29, 0.717) is 35.2 Å². The summed E-state index contributed by atoms with van der Waals surface area (Å²) in [6.07, 6.45) is 0.227. The molecule has 1 fully saturated rings. The number of hydrogen-bond acceptors (Lipinski definition) is 5. The van der Waals surface area contributed by atoms with Crippen LogP contribution >= 0.6 is 0 Å². The van der Waals surface area contributed by atoms with Crippen LogP contribution in [0.5, 0.6) is 17.2 Å². The number of nitrogens with one attached hydrogen (secondary N) is 2. The molecule has 0 aliphatic carbocycles. The standard InChI is InChI=1S/C20H23N3O5/c1-26-16-7-4-13(5-8-16)21-20(25)22-14-10-19(24)23(12-14)15-6-9-17(27-2)18(11-15)28-3/h4-9,11,14H,10,12H2,1-3H3,(H2,21,22,25)/t14-/m0/s1. The van der Waals surface area contributed by atoms with Crippen molar-refractivity contribution in [3.63, 3.8) is 0 Å². The molecule has 8 nitrogen and oxygen atoms in total. The molecule has 1 atom stereocenters. The highest BCUT2D eigenvalue weighted by atomic mass is 16.5. The van der Waals surface area contributed by atoms with Crippen LogP contribution in [0.3, 0.4) is 0 Å². The number of methoxy groups -OCH3 is 3. The van der Waals surface area contributed by atoms with Gasteiger partial charge >= 0.3 is 6.03 Å². The Morgan fingerprint density at radius 2 is 1.71 bits per heavy atom. The molecule has 2 N–H and O–H groups in total. The number of ether oxygens (including phenoxy) is 3. The summed E-state index contributed by atoms with van der Waals surface area (Å²) in [4.78, 5) is 26.3. The Kier molecular flexibility index (Phi) is 5.88. The number of rotatable bonds is 6. The number of hydrogen-bond donors (Lipinski definition) is 2. The third kappa shape index (κ3) is 4.28. The summed E-state index contributed by atoms with van der Waals surface area (Å²) < 4.78 is 15.6. The third-order valence-electron chi connectivity index (χ3n) is 4.49. The van der Waals surface area contributed by atoms with Crippen molar-refractivity contribution in [2.24, 2.45) is 0 Å². The fourth-order valence-electron chi connectivity index (χ4n) is 3.07. The highest BCUT2D eigenvalue weighted by Crippen LogP contribution is 2.33. The van der Waals surface area contributed by atoms with E-state index in [9.17, 15) is 9.59 Å². The van der Waals surface area contributed by atoms with Gasteiger partial charge in [-0.2, -0.15) is 0 Å². The van der Waals surface area contributed by atoms with Crippen LogP contribution in [0.25, 0.3) is 0 Å². The Bertz CT molecular complexity index is 853. The van der Waals surface area contributed by atoms with E-state index in [1.165, 1.54) is 0 Å². The maximum atomic E-state index is 12.4. The summed E-state index contributed by atoms with van der Waals surface area (Å²) in [7, 11) is 4.68. The summed E-state index contributed by atoms with van der Waals surface area (Å²) in [6, 6.07) is 11.6. The summed E-state index contributed by atoms with van der Waals surface area (Å²) in [6.45, 7) is 0.379. The van der Waals surface area contributed by atoms with Gasteiger partial charge in [0.1, 0.15) is 5.75 Å². The summed E-state index contributed by atoms with van der Waals surface area (Å²) in [5, 5.41) is 5.59. The van der Waals surface area contributed by atoms with Gasteiger partial charge < -0.3 is 29.7 Å². The molecule has 2 aromatic rings. The van der Waals surface area contributed by atoms with Gasteiger partial charge in [-0.25, -0.2) is 4.79 Å². The minimum atomic E-state index is -0.364. The van der Waals surface area contributed by atoms with E-state index in [4.69, 9.17) is 14.2 Å². The molecule has 0 bridgehead atoms. The molecule has 1 aliphatic rings. The first kappa shape index (κ1) is 19.3. The van der Waals surface area contributed by atoms with Crippen molar-refractivity contribution in [2.75, 3.05) is 38.1 Å². The second-order valence-electron chi connectivity index (χ2n) is 6.27. The zero-order chi connectivity index (χ0) is 20.1. The van der Waals surface area contributed by atoms with Crippen molar-refractivity contribution in [1.29, 1.82) is 0 Å². The van der Waals surface area contributed by atoms with E-state index in [1.54, 1.807) is 68.7 Å². The second kappa shape index (κ2) is 8.51. The molecule has 3 rings (SSSR count). The van der Waals surface area contributed by atoms with Gasteiger partial charge in [0, 0.05) is 30.4 Å². The molecule has 3 amide bonds. The molecule has 1 saturated heterocycles. The largest absolute Gasteiger partial charge is 0.497 e. The molecule has 0 saturated carbocycles. The lowest BCUT2D eigenvalue weighted by Gasteiger charge is -2.19. The molecule has 148 valence electrons. The van der Waals surface area contributed by atoms with Crippen LogP contribution in [0.4, 0.5) is 16.2 Å². The number of anilines is 2. The number of nitrogens with zero attached hydrogens (tertiary/aromatic N) is 1. The minimum absolute atomic E-state index is 0.0676. The van der Waals surface area contributed by atoms with Gasteiger partial charge in [0.2, 0.25) is 5.91 Å². The number of benzene rings is 2. The molecular weight excluding hydrogens is 362 g/mol. The van der Waals surface area contributed by atoms with Crippen LogP contribution in [0.1, 0.15) is 6.42 Å². The number of urea groups is 1. The predicted molar refractivity (Wildman–Crippen MR) is 105 cm³/mol. The molecule has 1 heterocycles. The van der Waals surface area contributed by atoms with E-state index in [-0.39, 0.29) is 24.4 Å². The van der Waals surface area contributed by atoms with Gasteiger partial charge in [0.25, 0.3) is 0 Å². The number of carbonyl (C=O) groups excluding carboxylic acids is 2. The first-order valence-electron chi connectivity index (χ1n) is 8.78. The highest BCUT2D eigenvalue weighted by molar-refractivity contribution is 5.98. The van der Waals surface area contributed by atoms with Crippen molar-refractivity contribution >= 4 is 23.3 Å². The van der Waals surface area contributed by atoms with Gasteiger partial charge in [0.15, 0.2) is 11.5 Å². The van der Waals surface area contributed by atoms with Crippen LogP contribution in [0.2, 0.25) is 0 Å². The molecule has 0 radical (unpaired) electrons. The molecule has 0 spiro atoms. The van der Waals surface area contributed by atoms with Crippen LogP contribution in [0, 0.1) is 0 Å². The highest BCUT2D eigenvalue weighted by Gasteiger charge is 2.32. The van der Waals surface area contributed by atoms with Crippen LogP contribution < -0.4 is 29.7 Å². The Morgan fingerprint density at radius 1 is 1.00 bits per heavy atom. The molecule has 1 aliphatic heterocycles. The SMILES string of the molecule is COc1ccc(NC(=O)N[C@H]2CC(=O)N(c3ccc(OC)c(OC)c3)C2)cc1. The number of carbonyl (C=O) groups is 2. The Hall–Kier alpha value is -3.42. The van der Waals surface area contributed by atoms with E-state index < -0.39 is 0 Å². The van der Waals surface area contributed by atoms with E-state index in [0.717, 1.165) is 0 Å². The van der Waals surface area contributed by atoms with E-state index in [2.05, 4.69) is 10.6 Å². The third-order valence-corrected chi connectivity index (χ3v) is 4.49. The molecule has 0 aromatic heterocycles. The van der Waals surface area contributed by atoms with Crippen LogP contribution in [0.15, 0.2) is 42.5 Å². The maximum Gasteiger partial charge on any atom is 0.319 e. The quantitative estimate of drug-likeness (QED) is 0.798. The Labute approximate surface area is 163 Å². The van der Waals surface area contributed by atoms with Crippen LogP contribution in [-0.4, -0.2) is 45.9 Å². The fourth-order valence-corrected chi connectivity index (χ4v) is 3.07. The maximum absolute atomic E-state index is 12.4. The lowest BCUT2D eigenvalue weighted by Crippen LogP contribution is -2.39. The molecule has 8 heteroatoms. The summed E-state index contributed by atoms with van der Waals surface area (Å²) in [5.74, 6) is 1.77. The first-order chi connectivity index (χ1) is 13.5. The molecule has 2 aromatic carbocycles. The monoisotopic (exact) mass is 385 g/mol. The fraction of sp³-hybridized carbons (Fsp3) is 0.300. The normalized spacial score (nSPS) is 15.9. The van der Waals surface area contributed by atoms with Gasteiger partial charge in [-0.3, -0.25) is 4.79 Å². The average molecular weight is 385 g/mol. The van der Waals surface area contributed by atoms with Crippen molar-refractivity contribution in [3.8, 4) is 17.2 Å². The Morgan fingerprint density at radius 3 is 2.36 bits per heavy atom. The molecule has 0 unspecified atom stereocenters. The molecule has 28 heavy (non-hydrogen) atoms. The van der Waals surface area contributed by atoms with Gasteiger partial charge in [0.05, 0.1) is 27.4 Å². The molecular formula is C20H23N3O5. The van der Waals surface area contributed by atoms with Gasteiger partial charge in [-0.15, -0.1) is 0 Å². The minimum Gasteiger partial charge on any atom is -0.497 e. The lowest BCUT2D eigenvalue weighted by atomic mass is 10.2.